The lowest BCUT2D eigenvalue weighted by atomic mass is 9.91. The third kappa shape index (κ3) is 5.98. The van der Waals surface area contributed by atoms with E-state index in [1.807, 2.05) is 49.7 Å². The van der Waals surface area contributed by atoms with Crippen LogP contribution in [0.1, 0.15) is 32.8 Å². The highest BCUT2D eigenvalue weighted by atomic mass is 35.5. The van der Waals surface area contributed by atoms with Gasteiger partial charge in [-0.15, -0.1) is 0 Å². The summed E-state index contributed by atoms with van der Waals surface area (Å²) in [4.78, 5) is 20.6. The first-order valence-corrected chi connectivity index (χ1v) is 8.61. The van der Waals surface area contributed by atoms with Crippen LogP contribution in [0.2, 0.25) is 5.15 Å². The molecule has 0 radical (unpaired) electrons. The van der Waals surface area contributed by atoms with E-state index in [1.54, 1.807) is 30.5 Å². The average Bonchev–Trinajstić information content (AvgIpc) is 2.58. The first kappa shape index (κ1) is 19.6. The fourth-order valence-electron chi connectivity index (χ4n) is 2.15. The normalized spacial score (nSPS) is 12.7. The first-order chi connectivity index (χ1) is 12.3. The second-order valence-electron chi connectivity index (χ2n) is 7.09. The minimum Gasteiger partial charge on any atom is -0.328 e. The second kappa shape index (κ2) is 8.59. The van der Waals surface area contributed by atoms with Gasteiger partial charge in [-0.3, -0.25) is 4.79 Å². The number of hydrogen-bond acceptors (Lipinski definition) is 3. The van der Waals surface area contributed by atoms with Crippen molar-refractivity contribution in [3.8, 4) is 6.07 Å². The third-order valence-corrected chi connectivity index (χ3v) is 3.77. The van der Waals surface area contributed by atoms with Crippen LogP contribution in [0.25, 0.3) is 0 Å². The van der Waals surface area contributed by atoms with Gasteiger partial charge in [-0.2, -0.15) is 10.3 Å². The van der Waals surface area contributed by atoms with E-state index in [0.717, 1.165) is 5.56 Å². The zero-order valence-corrected chi connectivity index (χ0v) is 15.9. The van der Waals surface area contributed by atoms with Crippen LogP contribution in [0.5, 0.6) is 0 Å². The zero-order chi connectivity index (χ0) is 19.2. The molecule has 0 unspecified atom stereocenters. The minimum absolute atomic E-state index is 0.00335. The molecule has 2 aromatic rings. The highest BCUT2D eigenvalue weighted by Crippen LogP contribution is 2.20. The molecule has 2 heterocycles. The number of nitriles is 1. The molecule has 2 rings (SSSR count). The monoisotopic (exact) mass is 368 g/mol. The van der Waals surface area contributed by atoms with Crippen molar-refractivity contribution in [2.45, 2.75) is 33.7 Å². The maximum absolute atomic E-state index is 12.4. The van der Waals surface area contributed by atoms with Crippen molar-refractivity contribution in [3.63, 3.8) is 0 Å². The summed E-state index contributed by atoms with van der Waals surface area (Å²) in [7, 11) is 0. The Morgan fingerprint density at radius 2 is 2.12 bits per heavy atom. The molecule has 0 aliphatic rings. The Labute approximate surface area is 158 Å². The molecule has 134 valence electrons. The summed E-state index contributed by atoms with van der Waals surface area (Å²) in [6.07, 6.45) is 5.79. The number of hydrogen-bond donors (Lipinski definition) is 0. The van der Waals surface area contributed by atoms with Crippen LogP contribution >= 0.6 is 11.6 Å². The maximum atomic E-state index is 12.4. The van der Waals surface area contributed by atoms with E-state index in [4.69, 9.17) is 11.6 Å². The van der Waals surface area contributed by atoms with Crippen LogP contribution in [0.4, 0.5) is 0 Å². The van der Waals surface area contributed by atoms with Crippen LogP contribution in [-0.2, 0) is 11.3 Å². The Morgan fingerprint density at radius 3 is 2.73 bits per heavy atom. The van der Waals surface area contributed by atoms with Gasteiger partial charge in [0.05, 0.1) is 6.54 Å². The van der Waals surface area contributed by atoms with Gasteiger partial charge in [0.2, 0.25) is 0 Å². The Balaban J connectivity index is 2.31. The molecule has 0 saturated carbocycles. The smallest absolute Gasteiger partial charge is 0.289 e. The molecule has 0 fully saturated rings. The molecule has 2 aromatic heterocycles. The van der Waals surface area contributed by atoms with Gasteiger partial charge in [0.1, 0.15) is 22.3 Å². The molecule has 6 heteroatoms. The van der Waals surface area contributed by atoms with Crippen molar-refractivity contribution in [3.05, 3.63) is 70.6 Å². The van der Waals surface area contributed by atoms with Gasteiger partial charge in [0.15, 0.2) is 0 Å². The third-order valence-electron chi connectivity index (χ3n) is 3.54. The summed E-state index contributed by atoms with van der Waals surface area (Å²) in [5, 5.41) is 9.70. The lowest BCUT2D eigenvalue weighted by molar-refractivity contribution is -0.114. The molecule has 0 aromatic carbocycles. The molecule has 0 aliphatic carbocycles. The lowest BCUT2D eigenvalue weighted by Gasteiger charge is -2.14. The molecule has 0 bridgehead atoms. The maximum Gasteiger partial charge on any atom is 0.289 e. The quantitative estimate of drug-likeness (QED) is 0.466. The van der Waals surface area contributed by atoms with Gasteiger partial charge in [0, 0.05) is 12.4 Å². The second-order valence-corrected chi connectivity index (χ2v) is 7.47. The van der Waals surface area contributed by atoms with E-state index < -0.39 is 5.91 Å². The Bertz CT molecular complexity index is 912. The fraction of sp³-hybridized carbons (Fsp3) is 0.300. The van der Waals surface area contributed by atoms with E-state index in [0.29, 0.717) is 23.6 Å². The first-order valence-electron chi connectivity index (χ1n) is 8.24. The van der Waals surface area contributed by atoms with E-state index in [1.165, 1.54) is 0 Å². The SMILES string of the molecule is CC(C)(C)C/C=C(\C#N)C(=O)N=c1ccccn1Cc1ccc(Cl)nc1. The molecular weight excluding hydrogens is 348 g/mol. The van der Waals surface area contributed by atoms with Gasteiger partial charge >= 0.3 is 0 Å². The Morgan fingerprint density at radius 1 is 1.35 bits per heavy atom. The van der Waals surface area contributed by atoms with Crippen molar-refractivity contribution in [1.29, 1.82) is 5.26 Å². The summed E-state index contributed by atoms with van der Waals surface area (Å²) in [6.45, 7) is 6.63. The number of amides is 1. The van der Waals surface area contributed by atoms with Crippen molar-refractivity contribution in [2.24, 2.45) is 10.4 Å². The number of pyridine rings is 2. The molecule has 1 amide bonds. The zero-order valence-electron chi connectivity index (χ0n) is 15.1. The molecule has 0 N–H and O–H groups in total. The number of rotatable bonds is 4. The highest BCUT2D eigenvalue weighted by molar-refractivity contribution is 6.29. The summed E-state index contributed by atoms with van der Waals surface area (Å²) < 4.78 is 1.82. The van der Waals surface area contributed by atoms with Crippen LogP contribution in [0.3, 0.4) is 0 Å². The average molecular weight is 369 g/mol. The van der Waals surface area contributed by atoms with E-state index in [2.05, 4.69) is 9.98 Å². The number of carbonyl (C=O) groups is 1. The number of aromatic nitrogens is 2. The van der Waals surface area contributed by atoms with Gasteiger partial charge in [-0.05, 0) is 35.6 Å². The number of halogens is 1. The molecule has 26 heavy (non-hydrogen) atoms. The van der Waals surface area contributed by atoms with Gasteiger partial charge < -0.3 is 4.57 Å². The van der Waals surface area contributed by atoms with Crippen LogP contribution in [-0.4, -0.2) is 15.5 Å². The summed E-state index contributed by atoms with van der Waals surface area (Å²) in [6, 6.07) is 10.9. The molecule has 0 saturated heterocycles. The van der Waals surface area contributed by atoms with Crippen molar-refractivity contribution >= 4 is 17.5 Å². The largest absolute Gasteiger partial charge is 0.328 e. The van der Waals surface area contributed by atoms with Crippen molar-refractivity contribution < 1.29 is 4.79 Å². The summed E-state index contributed by atoms with van der Waals surface area (Å²) in [5.74, 6) is -0.536. The minimum atomic E-state index is -0.536. The predicted molar refractivity (Wildman–Crippen MR) is 101 cm³/mol. The van der Waals surface area contributed by atoms with Crippen molar-refractivity contribution in [1.82, 2.24) is 9.55 Å². The van der Waals surface area contributed by atoms with E-state index in [-0.39, 0.29) is 11.0 Å². The van der Waals surface area contributed by atoms with Gasteiger partial charge in [-0.25, -0.2) is 4.98 Å². The van der Waals surface area contributed by atoms with Crippen molar-refractivity contribution in [2.75, 3.05) is 0 Å². The van der Waals surface area contributed by atoms with Crippen LogP contribution in [0, 0.1) is 16.7 Å². The Kier molecular flexibility index (Phi) is 6.48. The van der Waals surface area contributed by atoms with Crippen LogP contribution < -0.4 is 5.49 Å². The van der Waals surface area contributed by atoms with E-state index >= 15 is 0 Å². The lowest BCUT2D eigenvalue weighted by Crippen LogP contribution is -2.22. The predicted octanol–water partition coefficient (Wildman–Crippen LogP) is 3.90. The van der Waals surface area contributed by atoms with Gasteiger partial charge in [-0.1, -0.05) is 50.6 Å². The number of carbonyl (C=O) groups excluding carboxylic acids is 1. The molecule has 5 nitrogen and oxygen atoms in total. The molecule has 0 atom stereocenters. The molecule has 0 aliphatic heterocycles. The van der Waals surface area contributed by atoms with E-state index in [9.17, 15) is 10.1 Å². The topological polar surface area (TPSA) is 71.0 Å². The summed E-state index contributed by atoms with van der Waals surface area (Å²) >= 11 is 5.81. The number of nitrogens with zero attached hydrogens (tertiary/aromatic N) is 4. The molecule has 0 spiro atoms. The number of allylic oxidation sites excluding steroid dienone is 1. The Hall–Kier alpha value is -2.71. The highest BCUT2D eigenvalue weighted by Gasteiger charge is 2.12. The molecular formula is C20H21ClN4O. The standard InChI is InChI=1S/C20H21ClN4O/c1-20(2,3)10-9-16(12-22)19(26)24-18-6-4-5-11-25(18)14-15-7-8-17(21)23-13-15/h4-9,11,13H,10,14H2,1-3H3/b16-9+,24-18?. The fourth-order valence-corrected chi connectivity index (χ4v) is 2.26. The summed E-state index contributed by atoms with van der Waals surface area (Å²) in [5.41, 5.74) is 1.46. The van der Waals surface area contributed by atoms with Gasteiger partial charge in [0.25, 0.3) is 5.91 Å². The van der Waals surface area contributed by atoms with Crippen LogP contribution in [0.15, 0.2) is 59.4 Å².